The quantitative estimate of drug-likeness (QED) is 0.727. The molecule has 1 fully saturated rings. The van der Waals surface area contributed by atoms with Crippen molar-refractivity contribution in [2.75, 3.05) is 23.3 Å². The van der Waals surface area contributed by atoms with Crippen molar-refractivity contribution >= 4 is 34.8 Å². The molecule has 2 N–H and O–H groups in total. The van der Waals surface area contributed by atoms with Gasteiger partial charge in [-0.15, -0.1) is 0 Å². The Morgan fingerprint density at radius 3 is 2.38 bits per heavy atom. The molecule has 0 aromatic heterocycles. The molecule has 2 amide bonds. The number of amides is 2. The van der Waals surface area contributed by atoms with Crippen molar-refractivity contribution in [3.8, 4) is 0 Å². The van der Waals surface area contributed by atoms with Gasteiger partial charge in [0.05, 0.1) is 16.1 Å². The zero-order valence-electron chi connectivity index (χ0n) is 17.2. The first-order chi connectivity index (χ1) is 13.8. The number of benzene rings is 2. The van der Waals surface area contributed by atoms with Crippen LogP contribution in [0, 0.1) is 5.92 Å². The van der Waals surface area contributed by atoms with Gasteiger partial charge in [-0.1, -0.05) is 30.7 Å². The second kappa shape index (κ2) is 9.31. The molecule has 2 aromatic rings. The van der Waals surface area contributed by atoms with Crippen LogP contribution < -0.4 is 15.5 Å². The number of anilines is 2. The second-order valence-electron chi connectivity index (χ2n) is 7.96. The van der Waals surface area contributed by atoms with Crippen molar-refractivity contribution in [1.29, 1.82) is 0 Å². The highest BCUT2D eigenvalue weighted by Gasteiger charge is 2.22. The summed E-state index contributed by atoms with van der Waals surface area (Å²) in [5.74, 6) is 0.265. The Balaban J connectivity index is 1.88. The Morgan fingerprint density at radius 1 is 1.03 bits per heavy atom. The Kier molecular flexibility index (Phi) is 6.80. The topological polar surface area (TPSA) is 61.4 Å². The third-order valence-electron chi connectivity index (χ3n) is 5.16. The molecule has 0 radical (unpaired) electrons. The average Bonchev–Trinajstić information content (AvgIpc) is 2.68. The van der Waals surface area contributed by atoms with Crippen molar-refractivity contribution < 1.29 is 9.59 Å². The Labute approximate surface area is 177 Å². The Bertz CT molecular complexity index is 889. The zero-order chi connectivity index (χ0) is 21.0. The molecule has 154 valence electrons. The zero-order valence-corrected chi connectivity index (χ0v) is 17.9. The molecule has 0 aliphatic carbocycles. The summed E-state index contributed by atoms with van der Waals surface area (Å²) in [6.45, 7) is 7.98. The van der Waals surface area contributed by atoms with Crippen LogP contribution in [0.4, 0.5) is 11.4 Å². The van der Waals surface area contributed by atoms with Crippen molar-refractivity contribution in [2.45, 2.75) is 39.7 Å². The lowest BCUT2D eigenvalue weighted by Crippen LogP contribution is -2.36. The molecular weight excluding hydrogens is 386 g/mol. The first-order valence-corrected chi connectivity index (χ1v) is 10.5. The molecule has 0 atom stereocenters. The molecule has 6 heteroatoms. The first-order valence-electron chi connectivity index (χ1n) is 10.1. The van der Waals surface area contributed by atoms with Gasteiger partial charge in [-0.05, 0) is 62.9 Å². The minimum Gasteiger partial charge on any atom is -0.371 e. The summed E-state index contributed by atoms with van der Waals surface area (Å²) in [5.41, 5.74) is 2.45. The Hall–Kier alpha value is -2.53. The third kappa shape index (κ3) is 5.30. The van der Waals surface area contributed by atoms with Gasteiger partial charge < -0.3 is 15.5 Å². The molecule has 5 nitrogen and oxygen atoms in total. The number of carbonyl (C=O) groups is 2. The van der Waals surface area contributed by atoms with E-state index in [4.69, 9.17) is 11.6 Å². The van der Waals surface area contributed by atoms with Gasteiger partial charge in [0, 0.05) is 30.5 Å². The van der Waals surface area contributed by atoms with E-state index < -0.39 is 0 Å². The summed E-state index contributed by atoms with van der Waals surface area (Å²) < 4.78 is 0. The SMILES string of the molecule is CC1CCN(c2ccc(NC(=O)c3ccccc3Cl)cc2C(=O)NC(C)C)CC1. The monoisotopic (exact) mass is 413 g/mol. The van der Waals surface area contributed by atoms with Crippen LogP contribution in [-0.2, 0) is 0 Å². The van der Waals surface area contributed by atoms with Gasteiger partial charge in [0.2, 0.25) is 0 Å². The fourth-order valence-corrected chi connectivity index (χ4v) is 3.73. The number of hydrogen-bond donors (Lipinski definition) is 2. The number of halogens is 1. The molecule has 1 aliphatic rings. The van der Waals surface area contributed by atoms with Crippen molar-refractivity contribution in [3.63, 3.8) is 0 Å². The average molecular weight is 414 g/mol. The smallest absolute Gasteiger partial charge is 0.257 e. The van der Waals surface area contributed by atoms with Crippen molar-refractivity contribution in [1.82, 2.24) is 5.32 Å². The largest absolute Gasteiger partial charge is 0.371 e. The van der Waals surface area contributed by atoms with Gasteiger partial charge in [-0.25, -0.2) is 0 Å². The molecule has 2 aromatic carbocycles. The van der Waals surface area contributed by atoms with Gasteiger partial charge >= 0.3 is 0 Å². The lowest BCUT2D eigenvalue weighted by molar-refractivity contribution is 0.0942. The van der Waals surface area contributed by atoms with E-state index >= 15 is 0 Å². The van der Waals surface area contributed by atoms with Gasteiger partial charge in [-0.3, -0.25) is 9.59 Å². The predicted molar refractivity (Wildman–Crippen MR) is 119 cm³/mol. The van der Waals surface area contributed by atoms with Gasteiger partial charge in [-0.2, -0.15) is 0 Å². The van der Waals surface area contributed by atoms with E-state index in [2.05, 4.69) is 22.5 Å². The molecule has 0 bridgehead atoms. The molecular formula is C23H28ClN3O2. The third-order valence-corrected chi connectivity index (χ3v) is 5.49. The Morgan fingerprint density at radius 2 is 1.72 bits per heavy atom. The molecule has 1 heterocycles. The number of nitrogens with zero attached hydrogens (tertiary/aromatic N) is 1. The summed E-state index contributed by atoms with van der Waals surface area (Å²) in [7, 11) is 0. The fraction of sp³-hybridized carbons (Fsp3) is 0.391. The number of rotatable bonds is 5. The highest BCUT2D eigenvalue weighted by molar-refractivity contribution is 6.34. The van der Waals surface area contributed by atoms with E-state index in [1.807, 2.05) is 26.0 Å². The van der Waals surface area contributed by atoms with Crippen LogP contribution in [0.15, 0.2) is 42.5 Å². The van der Waals surface area contributed by atoms with Gasteiger partial charge in [0.25, 0.3) is 11.8 Å². The summed E-state index contributed by atoms with van der Waals surface area (Å²) in [4.78, 5) is 27.7. The molecule has 1 saturated heterocycles. The minimum absolute atomic E-state index is 0.0260. The van der Waals surface area contributed by atoms with Crippen LogP contribution >= 0.6 is 11.6 Å². The van der Waals surface area contributed by atoms with Crippen LogP contribution in [0.2, 0.25) is 5.02 Å². The fourth-order valence-electron chi connectivity index (χ4n) is 3.50. The normalized spacial score (nSPS) is 14.7. The summed E-state index contributed by atoms with van der Waals surface area (Å²) in [6, 6.07) is 12.4. The highest BCUT2D eigenvalue weighted by Crippen LogP contribution is 2.29. The van der Waals surface area contributed by atoms with Gasteiger partial charge in [0.1, 0.15) is 0 Å². The van der Waals surface area contributed by atoms with Crippen LogP contribution in [0.3, 0.4) is 0 Å². The van der Waals surface area contributed by atoms with Crippen LogP contribution in [0.1, 0.15) is 54.3 Å². The predicted octanol–water partition coefficient (Wildman–Crippen LogP) is 4.97. The summed E-state index contributed by atoms with van der Waals surface area (Å²) in [6.07, 6.45) is 2.21. The van der Waals surface area contributed by atoms with Crippen LogP contribution in [0.5, 0.6) is 0 Å². The molecule has 1 aliphatic heterocycles. The van der Waals surface area contributed by atoms with Crippen molar-refractivity contribution in [3.05, 3.63) is 58.6 Å². The molecule has 3 rings (SSSR count). The summed E-state index contributed by atoms with van der Waals surface area (Å²) >= 11 is 6.13. The minimum atomic E-state index is -0.301. The lowest BCUT2D eigenvalue weighted by Gasteiger charge is -2.33. The highest BCUT2D eigenvalue weighted by atomic mass is 35.5. The van der Waals surface area contributed by atoms with Crippen LogP contribution in [-0.4, -0.2) is 30.9 Å². The van der Waals surface area contributed by atoms with Gasteiger partial charge in [0.15, 0.2) is 0 Å². The van der Waals surface area contributed by atoms with E-state index in [1.54, 1.807) is 30.3 Å². The molecule has 0 unspecified atom stereocenters. The van der Waals surface area contributed by atoms with Crippen molar-refractivity contribution in [2.24, 2.45) is 5.92 Å². The first kappa shape index (κ1) is 21.2. The van der Waals surface area contributed by atoms with E-state index in [-0.39, 0.29) is 17.9 Å². The molecule has 0 spiro atoms. The second-order valence-corrected chi connectivity index (χ2v) is 8.37. The number of hydrogen-bond acceptors (Lipinski definition) is 3. The van der Waals surface area contributed by atoms with E-state index in [1.165, 1.54) is 0 Å². The maximum absolute atomic E-state index is 12.9. The number of carbonyl (C=O) groups excluding carboxylic acids is 2. The van der Waals surface area contributed by atoms with E-state index in [9.17, 15) is 9.59 Å². The maximum Gasteiger partial charge on any atom is 0.257 e. The number of piperidine rings is 1. The maximum atomic E-state index is 12.9. The molecule has 0 saturated carbocycles. The number of nitrogens with one attached hydrogen (secondary N) is 2. The summed E-state index contributed by atoms with van der Waals surface area (Å²) in [5, 5.41) is 6.22. The van der Waals surface area contributed by atoms with Crippen LogP contribution in [0.25, 0.3) is 0 Å². The standard InChI is InChI=1S/C23H28ClN3O2/c1-15(2)25-23(29)19-14-17(26-22(28)18-6-4-5-7-20(18)24)8-9-21(19)27-12-10-16(3)11-13-27/h4-9,14-16H,10-13H2,1-3H3,(H,25,29)(H,26,28). The van der Waals surface area contributed by atoms with E-state index in [0.29, 0.717) is 27.8 Å². The molecule has 29 heavy (non-hydrogen) atoms. The van der Waals surface area contributed by atoms with E-state index in [0.717, 1.165) is 31.6 Å². The lowest BCUT2D eigenvalue weighted by atomic mass is 9.97.